The van der Waals surface area contributed by atoms with E-state index in [4.69, 9.17) is 21.1 Å². The lowest BCUT2D eigenvalue weighted by Crippen LogP contribution is -2.55. The Morgan fingerprint density at radius 3 is 2.38 bits per heavy atom. The number of carbonyl (C=O) groups is 2. The van der Waals surface area contributed by atoms with E-state index in [0.717, 1.165) is 13.1 Å². The van der Waals surface area contributed by atoms with Crippen LogP contribution in [0.1, 0.15) is 46.5 Å². The number of hydrogen-bond acceptors (Lipinski definition) is 5. The molecule has 0 radical (unpaired) electrons. The Balaban J connectivity index is 2.08. The van der Waals surface area contributed by atoms with Gasteiger partial charge in [0.05, 0.1) is 5.92 Å². The molecule has 138 valence electrons. The van der Waals surface area contributed by atoms with E-state index in [9.17, 15) is 9.59 Å². The summed E-state index contributed by atoms with van der Waals surface area (Å²) in [4.78, 5) is 28.7. The number of rotatable bonds is 3. The maximum atomic E-state index is 12.5. The van der Waals surface area contributed by atoms with Gasteiger partial charge in [0, 0.05) is 19.1 Å². The van der Waals surface area contributed by atoms with Crippen molar-refractivity contribution < 1.29 is 19.1 Å². The lowest BCUT2D eigenvalue weighted by molar-refractivity contribution is -0.149. The van der Waals surface area contributed by atoms with Crippen LogP contribution < -0.4 is 0 Å². The lowest BCUT2D eigenvalue weighted by atomic mass is 9.92. The predicted octanol–water partition coefficient (Wildman–Crippen LogP) is 2.84. The summed E-state index contributed by atoms with van der Waals surface area (Å²) in [5, 5.41) is 0. The van der Waals surface area contributed by atoms with Crippen LogP contribution in [0.15, 0.2) is 0 Å². The highest BCUT2D eigenvalue weighted by Crippen LogP contribution is 2.26. The molecule has 2 unspecified atom stereocenters. The van der Waals surface area contributed by atoms with E-state index in [0.29, 0.717) is 19.5 Å². The molecule has 2 heterocycles. The van der Waals surface area contributed by atoms with Gasteiger partial charge in [-0.25, -0.2) is 4.79 Å². The lowest BCUT2D eigenvalue weighted by Gasteiger charge is -2.43. The zero-order chi connectivity index (χ0) is 17.7. The minimum Gasteiger partial charge on any atom is -0.449 e. The van der Waals surface area contributed by atoms with Crippen molar-refractivity contribution in [3.8, 4) is 0 Å². The molecule has 0 aliphatic carbocycles. The van der Waals surface area contributed by atoms with Gasteiger partial charge in [-0.05, 0) is 53.1 Å². The summed E-state index contributed by atoms with van der Waals surface area (Å²) in [6, 6.07) is 0.00956. The third-order valence-corrected chi connectivity index (χ3v) is 4.63. The first-order valence-electron chi connectivity index (χ1n) is 8.74. The third-order valence-electron chi connectivity index (χ3n) is 4.52. The van der Waals surface area contributed by atoms with Crippen molar-refractivity contribution in [1.29, 1.82) is 0 Å². The monoisotopic (exact) mass is 360 g/mol. The highest BCUT2D eigenvalue weighted by atomic mass is 35.5. The fraction of sp³-hybridized carbons (Fsp3) is 0.882. The Kier molecular flexibility index (Phi) is 6.75. The number of piperidine rings is 2. The quantitative estimate of drug-likeness (QED) is 0.572. The number of hydrogen-bond donors (Lipinski definition) is 0. The van der Waals surface area contributed by atoms with Gasteiger partial charge < -0.3 is 14.4 Å². The van der Waals surface area contributed by atoms with Crippen LogP contribution in [0.4, 0.5) is 4.79 Å². The Labute approximate surface area is 149 Å². The Morgan fingerprint density at radius 2 is 1.79 bits per heavy atom. The van der Waals surface area contributed by atoms with E-state index in [1.54, 1.807) is 4.90 Å². The smallest absolute Gasteiger partial charge is 0.410 e. The molecule has 2 aliphatic heterocycles. The van der Waals surface area contributed by atoms with Crippen molar-refractivity contribution in [2.24, 2.45) is 5.92 Å². The van der Waals surface area contributed by atoms with Crippen molar-refractivity contribution in [3.63, 3.8) is 0 Å². The molecule has 0 aromatic carbocycles. The number of ether oxygens (including phenoxy) is 2. The summed E-state index contributed by atoms with van der Waals surface area (Å²) in [7, 11) is 0. The van der Waals surface area contributed by atoms with Crippen LogP contribution >= 0.6 is 11.6 Å². The minimum absolute atomic E-state index is 0.157. The topological polar surface area (TPSA) is 59.1 Å². The largest absolute Gasteiger partial charge is 0.449 e. The molecule has 0 aromatic heterocycles. The van der Waals surface area contributed by atoms with Crippen molar-refractivity contribution in [3.05, 3.63) is 0 Å². The highest BCUT2D eigenvalue weighted by molar-refractivity contribution is 6.17. The van der Waals surface area contributed by atoms with E-state index in [-0.39, 0.29) is 30.1 Å². The first-order valence-corrected chi connectivity index (χ1v) is 9.28. The van der Waals surface area contributed by atoms with Gasteiger partial charge in [0.1, 0.15) is 5.60 Å². The van der Waals surface area contributed by atoms with Crippen LogP contribution in [0.5, 0.6) is 0 Å². The summed E-state index contributed by atoms with van der Waals surface area (Å²) in [6.45, 7) is 8.49. The number of likely N-dealkylation sites (tertiary alicyclic amines) is 2. The van der Waals surface area contributed by atoms with Gasteiger partial charge in [0.2, 0.25) is 0 Å². The zero-order valence-electron chi connectivity index (χ0n) is 14.9. The fourth-order valence-electron chi connectivity index (χ4n) is 3.44. The third kappa shape index (κ3) is 5.52. The molecule has 6 nitrogen and oxygen atoms in total. The molecule has 2 saturated heterocycles. The van der Waals surface area contributed by atoms with E-state index >= 15 is 0 Å². The summed E-state index contributed by atoms with van der Waals surface area (Å²) >= 11 is 5.53. The van der Waals surface area contributed by atoms with Crippen molar-refractivity contribution in [2.75, 3.05) is 32.2 Å². The van der Waals surface area contributed by atoms with Crippen LogP contribution in [-0.4, -0.2) is 65.8 Å². The van der Waals surface area contributed by atoms with Crippen LogP contribution in [0, 0.1) is 5.92 Å². The van der Waals surface area contributed by atoms with Gasteiger partial charge in [-0.2, -0.15) is 0 Å². The summed E-state index contributed by atoms with van der Waals surface area (Å²) in [6.07, 6.45) is 3.92. The average Bonchev–Trinajstić information content (AvgIpc) is 2.54. The van der Waals surface area contributed by atoms with Crippen molar-refractivity contribution in [1.82, 2.24) is 9.80 Å². The van der Waals surface area contributed by atoms with E-state index < -0.39 is 5.60 Å². The van der Waals surface area contributed by atoms with E-state index in [2.05, 4.69) is 4.90 Å². The van der Waals surface area contributed by atoms with Gasteiger partial charge in [0.15, 0.2) is 6.07 Å². The van der Waals surface area contributed by atoms with Gasteiger partial charge in [-0.1, -0.05) is 18.0 Å². The summed E-state index contributed by atoms with van der Waals surface area (Å²) in [5.41, 5.74) is -0.554. The Bertz CT molecular complexity index is 446. The molecule has 2 rings (SSSR count). The van der Waals surface area contributed by atoms with Gasteiger partial charge in [-0.15, -0.1) is 0 Å². The normalized spacial score (nSPS) is 26.1. The molecule has 0 aromatic rings. The van der Waals surface area contributed by atoms with Gasteiger partial charge in [-0.3, -0.25) is 9.69 Å². The van der Waals surface area contributed by atoms with Crippen molar-refractivity contribution >= 4 is 23.7 Å². The highest BCUT2D eigenvalue weighted by Gasteiger charge is 2.38. The number of alkyl halides is 1. The van der Waals surface area contributed by atoms with E-state index in [1.165, 1.54) is 19.3 Å². The first-order chi connectivity index (χ1) is 11.3. The Hall–Kier alpha value is -1.01. The molecule has 7 heteroatoms. The molecule has 0 N–H and O–H groups in total. The molecule has 2 aliphatic rings. The number of amides is 1. The number of carbonyl (C=O) groups excluding carboxylic acids is 2. The van der Waals surface area contributed by atoms with Crippen LogP contribution in [0.3, 0.4) is 0 Å². The zero-order valence-corrected chi connectivity index (χ0v) is 15.7. The maximum absolute atomic E-state index is 12.5. The number of nitrogens with zero attached hydrogens (tertiary/aromatic N) is 2. The molecule has 0 bridgehead atoms. The van der Waals surface area contributed by atoms with Crippen LogP contribution in [-0.2, 0) is 14.3 Å². The van der Waals surface area contributed by atoms with Gasteiger partial charge in [0.25, 0.3) is 0 Å². The first kappa shape index (κ1) is 19.3. The fourth-order valence-corrected chi connectivity index (χ4v) is 3.55. The molecule has 2 atom stereocenters. The van der Waals surface area contributed by atoms with Gasteiger partial charge >= 0.3 is 12.1 Å². The Morgan fingerprint density at radius 1 is 1.12 bits per heavy atom. The SMILES string of the molecule is CC(C)(C)OC(=O)N1CC(C(=O)OCCl)CC(N2CCCCC2)C1. The number of halogens is 1. The average molecular weight is 361 g/mol. The summed E-state index contributed by atoms with van der Waals surface area (Å²) < 4.78 is 10.5. The number of esters is 1. The molecule has 1 amide bonds. The second-order valence-corrected chi connectivity index (χ2v) is 7.86. The molecule has 0 saturated carbocycles. The second kappa shape index (κ2) is 8.39. The summed E-state index contributed by atoms with van der Waals surface area (Å²) in [5.74, 6) is -0.683. The van der Waals surface area contributed by atoms with Crippen molar-refractivity contribution in [2.45, 2.75) is 58.1 Å². The maximum Gasteiger partial charge on any atom is 0.410 e. The molecule has 0 spiro atoms. The molecular formula is C17H29ClN2O4. The predicted molar refractivity (Wildman–Crippen MR) is 91.9 cm³/mol. The minimum atomic E-state index is -0.554. The standard InChI is InChI=1S/C17H29ClN2O4/c1-17(2,3)24-16(22)20-10-13(15(21)23-12-18)9-14(11-20)19-7-5-4-6-8-19/h13-14H,4-12H2,1-3H3. The van der Waals surface area contributed by atoms with Crippen LogP contribution in [0.25, 0.3) is 0 Å². The van der Waals surface area contributed by atoms with Crippen LogP contribution in [0.2, 0.25) is 0 Å². The molecular weight excluding hydrogens is 332 g/mol. The van der Waals surface area contributed by atoms with E-state index in [1.807, 2.05) is 20.8 Å². The molecule has 24 heavy (non-hydrogen) atoms. The second-order valence-electron chi connectivity index (χ2n) is 7.64. The molecule has 2 fully saturated rings.